The number of nitrogens with two attached hydrogens (primary N) is 1. The van der Waals surface area contributed by atoms with Crippen LogP contribution in [0.3, 0.4) is 0 Å². The molecule has 2 nitrogen and oxygen atoms in total. The molecule has 1 atom stereocenters. The maximum absolute atomic E-state index is 13.3. The maximum atomic E-state index is 13.3. The topological polar surface area (TPSA) is 35.2 Å². The summed E-state index contributed by atoms with van der Waals surface area (Å²) in [5.74, 6) is 0.0542. The van der Waals surface area contributed by atoms with Crippen LogP contribution in [0.1, 0.15) is 31.7 Å². The van der Waals surface area contributed by atoms with E-state index in [-0.39, 0.29) is 11.9 Å². The molecule has 0 bridgehead atoms. The Bertz CT molecular complexity index is 326. The third-order valence-corrected chi connectivity index (χ3v) is 2.40. The number of unbranched alkanes of at least 4 members (excludes halogenated alkanes) is 1. The summed E-state index contributed by atoms with van der Waals surface area (Å²) in [6, 6.07) is 5.13. The van der Waals surface area contributed by atoms with E-state index >= 15 is 0 Å². The summed E-state index contributed by atoms with van der Waals surface area (Å²) in [6.45, 7) is 4.45. The van der Waals surface area contributed by atoms with E-state index in [2.05, 4.69) is 0 Å². The van der Waals surface area contributed by atoms with Crippen molar-refractivity contribution in [2.75, 3.05) is 6.61 Å². The highest BCUT2D eigenvalue weighted by atomic mass is 19.1. The molecule has 0 fully saturated rings. The average molecular weight is 225 g/mol. The Kier molecular flexibility index (Phi) is 5.26. The van der Waals surface area contributed by atoms with Gasteiger partial charge in [-0.15, -0.1) is 0 Å². The molecule has 0 aliphatic carbocycles. The van der Waals surface area contributed by atoms with Crippen molar-refractivity contribution in [2.45, 2.75) is 39.2 Å². The molecule has 90 valence electrons. The number of aryl methyl sites for hydroxylation is 1. The Morgan fingerprint density at radius 1 is 1.38 bits per heavy atom. The molecule has 1 rings (SSSR count). The van der Waals surface area contributed by atoms with Crippen molar-refractivity contribution in [2.24, 2.45) is 5.73 Å². The summed E-state index contributed by atoms with van der Waals surface area (Å²) in [4.78, 5) is 0. The zero-order valence-electron chi connectivity index (χ0n) is 10.0. The molecule has 1 aromatic carbocycles. The van der Waals surface area contributed by atoms with E-state index in [9.17, 15) is 4.39 Å². The smallest absolute Gasteiger partial charge is 0.165 e. The van der Waals surface area contributed by atoms with Crippen LogP contribution in [0, 0.1) is 12.7 Å². The third-order valence-electron chi connectivity index (χ3n) is 2.40. The zero-order valence-corrected chi connectivity index (χ0v) is 10.0. The molecule has 0 aromatic heterocycles. The first-order chi connectivity index (χ1) is 7.59. The van der Waals surface area contributed by atoms with Gasteiger partial charge in [-0.05, 0) is 50.8 Å². The molecule has 0 heterocycles. The van der Waals surface area contributed by atoms with Gasteiger partial charge in [0.15, 0.2) is 11.6 Å². The predicted molar refractivity (Wildman–Crippen MR) is 64.1 cm³/mol. The lowest BCUT2D eigenvalue weighted by Crippen LogP contribution is -2.14. The molecular formula is C13H20FNO. The lowest BCUT2D eigenvalue weighted by atomic mass is 10.1. The van der Waals surface area contributed by atoms with Crippen LogP contribution in [-0.4, -0.2) is 12.6 Å². The normalized spacial score (nSPS) is 12.5. The van der Waals surface area contributed by atoms with Crippen molar-refractivity contribution in [3.8, 4) is 5.75 Å². The third kappa shape index (κ3) is 4.62. The molecule has 0 saturated heterocycles. The predicted octanol–water partition coefficient (Wildman–Crippen LogP) is 3.03. The average Bonchev–Trinajstić information content (AvgIpc) is 2.22. The van der Waals surface area contributed by atoms with Gasteiger partial charge in [0.2, 0.25) is 0 Å². The summed E-state index contributed by atoms with van der Waals surface area (Å²) in [7, 11) is 0. The van der Waals surface area contributed by atoms with Gasteiger partial charge >= 0.3 is 0 Å². The van der Waals surface area contributed by atoms with Crippen LogP contribution in [0.15, 0.2) is 18.2 Å². The summed E-state index contributed by atoms with van der Waals surface area (Å²) in [5.41, 5.74) is 6.64. The molecule has 0 saturated carbocycles. The second kappa shape index (κ2) is 6.48. The number of halogens is 1. The summed E-state index contributed by atoms with van der Waals surface area (Å²) in [5, 5.41) is 0. The maximum Gasteiger partial charge on any atom is 0.165 e. The van der Waals surface area contributed by atoms with Gasteiger partial charge in [-0.1, -0.05) is 6.07 Å². The van der Waals surface area contributed by atoms with Gasteiger partial charge in [-0.3, -0.25) is 0 Å². The Morgan fingerprint density at radius 2 is 2.12 bits per heavy atom. The highest BCUT2D eigenvalue weighted by Gasteiger charge is 2.03. The Morgan fingerprint density at radius 3 is 2.81 bits per heavy atom. The molecule has 16 heavy (non-hydrogen) atoms. The molecule has 0 radical (unpaired) electrons. The fourth-order valence-corrected chi connectivity index (χ4v) is 1.47. The Balaban J connectivity index is 2.29. The highest BCUT2D eigenvalue weighted by molar-refractivity contribution is 5.29. The van der Waals surface area contributed by atoms with E-state index in [0.29, 0.717) is 12.4 Å². The first-order valence-electron chi connectivity index (χ1n) is 5.74. The van der Waals surface area contributed by atoms with Crippen molar-refractivity contribution in [1.82, 2.24) is 0 Å². The SMILES string of the molecule is Cc1ccc(F)c(OCCCCC(C)N)c1. The summed E-state index contributed by atoms with van der Waals surface area (Å²) < 4.78 is 18.6. The van der Waals surface area contributed by atoms with Crippen LogP contribution in [0.4, 0.5) is 4.39 Å². The van der Waals surface area contributed by atoms with Gasteiger partial charge in [0.1, 0.15) is 0 Å². The van der Waals surface area contributed by atoms with Gasteiger partial charge in [-0.2, -0.15) is 0 Å². The summed E-state index contributed by atoms with van der Waals surface area (Å²) in [6.07, 6.45) is 2.92. The lowest BCUT2D eigenvalue weighted by Gasteiger charge is -2.08. The number of ether oxygens (including phenoxy) is 1. The molecule has 2 N–H and O–H groups in total. The largest absolute Gasteiger partial charge is 0.491 e. The Hall–Kier alpha value is -1.09. The minimum Gasteiger partial charge on any atom is -0.491 e. The van der Waals surface area contributed by atoms with Crippen LogP contribution in [0.2, 0.25) is 0 Å². The molecule has 0 aliphatic rings. The molecular weight excluding hydrogens is 205 g/mol. The second-order valence-electron chi connectivity index (χ2n) is 4.26. The van der Waals surface area contributed by atoms with Crippen LogP contribution < -0.4 is 10.5 Å². The minimum atomic E-state index is -0.294. The quantitative estimate of drug-likeness (QED) is 0.755. The van der Waals surface area contributed by atoms with Crippen LogP contribution >= 0.6 is 0 Å². The fraction of sp³-hybridized carbons (Fsp3) is 0.538. The van der Waals surface area contributed by atoms with E-state index in [1.807, 2.05) is 13.8 Å². The standard InChI is InChI=1S/C13H20FNO/c1-10-6-7-12(14)13(9-10)16-8-4-3-5-11(2)15/h6-7,9,11H,3-5,8,15H2,1-2H3. The Labute approximate surface area is 96.6 Å². The van der Waals surface area contributed by atoms with Crippen molar-refractivity contribution in [1.29, 1.82) is 0 Å². The molecule has 3 heteroatoms. The molecule has 0 spiro atoms. The summed E-state index contributed by atoms with van der Waals surface area (Å²) >= 11 is 0. The van der Waals surface area contributed by atoms with Gasteiger partial charge in [0.05, 0.1) is 6.61 Å². The second-order valence-corrected chi connectivity index (χ2v) is 4.26. The van der Waals surface area contributed by atoms with Gasteiger partial charge in [0, 0.05) is 6.04 Å². The number of hydrogen-bond acceptors (Lipinski definition) is 2. The first kappa shape index (κ1) is 13.0. The van der Waals surface area contributed by atoms with Crippen molar-refractivity contribution >= 4 is 0 Å². The van der Waals surface area contributed by atoms with Crippen molar-refractivity contribution in [3.05, 3.63) is 29.6 Å². The molecule has 1 aromatic rings. The van der Waals surface area contributed by atoms with E-state index < -0.39 is 0 Å². The van der Waals surface area contributed by atoms with E-state index in [0.717, 1.165) is 24.8 Å². The van der Waals surface area contributed by atoms with Crippen LogP contribution in [-0.2, 0) is 0 Å². The van der Waals surface area contributed by atoms with Crippen molar-refractivity contribution in [3.63, 3.8) is 0 Å². The molecule has 1 unspecified atom stereocenters. The van der Waals surface area contributed by atoms with Crippen molar-refractivity contribution < 1.29 is 9.13 Å². The van der Waals surface area contributed by atoms with E-state index in [1.165, 1.54) is 6.07 Å². The minimum absolute atomic E-state index is 0.232. The zero-order chi connectivity index (χ0) is 12.0. The van der Waals surface area contributed by atoms with Gasteiger partial charge in [-0.25, -0.2) is 4.39 Å². The van der Waals surface area contributed by atoms with E-state index in [4.69, 9.17) is 10.5 Å². The lowest BCUT2D eigenvalue weighted by molar-refractivity contribution is 0.289. The highest BCUT2D eigenvalue weighted by Crippen LogP contribution is 2.18. The molecule has 0 aliphatic heterocycles. The van der Waals surface area contributed by atoms with Gasteiger partial charge < -0.3 is 10.5 Å². The fourth-order valence-electron chi connectivity index (χ4n) is 1.47. The monoisotopic (exact) mass is 225 g/mol. The first-order valence-corrected chi connectivity index (χ1v) is 5.74. The van der Waals surface area contributed by atoms with Gasteiger partial charge in [0.25, 0.3) is 0 Å². The van der Waals surface area contributed by atoms with E-state index in [1.54, 1.807) is 12.1 Å². The van der Waals surface area contributed by atoms with Crippen LogP contribution in [0.5, 0.6) is 5.75 Å². The number of rotatable bonds is 6. The molecule has 0 amide bonds. The van der Waals surface area contributed by atoms with Crippen LogP contribution in [0.25, 0.3) is 0 Å². The number of benzene rings is 1. The number of hydrogen-bond donors (Lipinski definition) is 1.